The Balaban J connectivity index is 1.52. The van der Waals surface area contributed by atoms with Crippen LogP contribution in [0.4, 0.5) is 0 Å². The molecule has 0 spiro atoms. The molecule has 4 aromatic rings. The molecule has 2 aromatic heterocycles. The fourth-order valence-electron chi connectivity index (χ4n) is 4.23. The molecule has 0 saturated carbocycles. The van der Waals surface area contributed by atoms with Crippen molar-refractivity contribution in [1.82, 2.24) is 15.2 Å². The SMILES string of the molecule is CCCc1[nH]nc2c1[C@H](c1ccc(OC)c(CSc3nc4ccccc4o3)c1)C(C#N)=C(N)O2. The summed E-state index contributed by atoms with van der Waals surface area (Å²) in [5, 5.41) is 17.9. The van der Waals surface area contributed by atoms with Crippen LogP contribution in [0.2, 0.25) is 0 Å². The van der Waals surface area contributed by atoms with Gasteiger partial charge in [0.05, 0.1) is 13.0 Å². The van der Waals surface area contributed by atoms with Gasteiger partial charge in [0.15, 0.2) is 5.58 Å². The van der Waals surface area contributed by atoms with Gasteiger partial charge in [0, 0.05) is 22.6 Å². The number of oxazole rings is 1. The molecule has 9 heteroatoms. The van der Waals surface area contributed by atoms with Gasteiger partial charge in [-0.2, -0.15) is 5.26 Å². The van der Waals surface area contributed by atoms with E-state index in [9.17, 15) is 5.26 Å². The summed E-state index contributed by atoms with van der Waals surface area (Å²) in [5.74, 6) is 1.44. The van der Waals surface area contributed by atoms with Crippen LogP contribution in [0.1, 0.15) is 41.6 Å². The molecule has 0 aliphatic carbocycles. The van der Waals surface area contributed by atoms with Crippen molar-refractivity contribution < 1.29 is 13.9 Å². The lowest BCUT2D eigenvalue weighted by atomic mass is 9.83. The highest BCUT2D eigenvalue weighted by Gasteiger charge is 2.35. The average Bonchev–Trinajstić information content (AvgIpc) is 3.45. The van der Waals surface area contributed by atoms with Crippen molar-refractivity contribution in [2.45, 2.75) is 36.7 Å². The van der Waals surface area contributed by atoms with E-state index in [4.69, 9.17) is 19.6 Å². The maximum Gasteiger partial charge on any atom is 0.257 e. The number of nitrogens with one attached hydrogen (secondary N) is 1. The van der Waals surface area contributed by atoms with E-state index in [1.54, 1.807) is 7.11 Å². The predicted octanol–water partition coefficient (Wildman–Crippen LogP) is 5.02. The molecular weight excluding hydrogens is 450 g/mol. The molecule has 8 nitrogen and oxygen atoms in total. The summed E-state index contributed by atoms with van der Waals surface area (Å²) in [4.78, 5) is 4.55. The molecule has 0 bridgehead atoms. The van der Waals surface area contributed by atoms with Gasteiger partial charge in [-0.15, -0.1) is 5.10 Å². The number of H-pyrrole nitrogens is 1. The van der Waals surface area contributed by atoms with E-state index >= 15 is 0 Å². The number of fused-ring (bicyclic) bond motifs is 2. The zero-order chi connectivity index (χ0) is 23.7. The molecule has 0 saturated heterocycles. The Hall–Kier alpha value is -3.90. The first-order valence-corrected chi connectivity index (χ1v) is 11.9. The number of ether oxygens (including phenoxy) is 2. The van der Waals surface area contributed by atoms with E-state index in [-0.39, 0.29) is 11.8 Å². The monoisotopic (exact) mass is 473 g/mol. The fourth-order valence-corrected chi connectivity index (χ4v) is 5.04. The number of aryl methyl sites for hydroxylation is 1. The zero-order valence-electron chi connectivity index (χ0n) is 18.8. The van der Waals surface area contributed by atoms with Crippen molar-refractivity contribution in [3.8, 4) is 17.7 Å². The summed E-state index contributed by atoms with van der Waals surface area (Å²) >= 11 is 1.49. The molecule has 34 heavy (non-hydrogen) atoms. The first-order valence-electron chi connectivity index (χ1n) is 10.9. The van der Waals surface area contributed by atoms with Crippen LogP contribution in [0.5, 0.6) is 11.6 Å². The Labute approximate surface area is 200 Å². The fraction of sp³-hybridized carbons (Fsp3) is 0.240. The van der Waals surface area contributed by atoms with Gasteiger partial charge < -0.3 is 19.6 Å². The first-order chi connectivity index (χ1) is 16.6. The van der Waals surface area contributed by atoms with Crippen molar-refractivity contribution >= 4 is 22.9 Å². The van der Waals surface area contributed by atoms with E-state index in [0.29, 0.717) is 22.4 Å². The molecule has 3 N–H and O–H groups in total. The number of rotatable bonds is 7. The first kappa shape index (κ1) is 21.9. The van der Waals surface area contributed by atoms with Crippen LogP contribution < -0.4 is 15.2 Å². The number of para-hydroxylation sites is 2. The average molecular weight is 474 g/mol. The van der Waals surface area contributed by atoms with Crippen LogP contribution in [0.15, 0.2) is 63.6 Å². The van der Waals surface area contributed by atoms with Crippen molar-refractivity contribution in [2.24, 2.45) is 5.73 Å². The predicted molar refractivity (Wildman–Crippen MR) is 128 cm³/mol. The topological polar surface area (TPSA) is 123 Å². The van der Waals surface area contributed by atoms with Gasteiger partial charge in [-0.3, -0.25) is 5.10 Å². The number of hydrogen-bond donors (Lipinski definition) is 2. The molecule has 5 rings (SSSR count). The molecule has 1 aliphatic rings. The van der Waals surface area contributed by atoms with Crippen LogP contribution in [0.25, 0.3) is 11.1 Å². The minimum Gasteiger partial charge on any atom is -0.496 e. The molecule has 0 radical (unpaired) electrons. The van der Waals surface area contributed by atoms with Crippen LogP contribution >= 0.6 is 11.8 Å². The highest BCUT2D eigenvalue weighted by molar-refractivity contribution is 7.98. The highest BCUT2D eigenvalue weighted by Crippen LogP contribution is 2.44. The smallest absolute Gasteiger partial charge is 0.257 e. The van der Waals surface area contributed by atoms with E-state index in [1.165, 1.54) is 11.8 Å². The summed E-state index contributed by atoms with van der Waals surface area (Å²) in [5.41, 5.74) is 11.7. The minimum atomic E-state index is -0.381. The van der Waals surface area contributed by atoms with E-state index < -0.39 is 0 Å². The van der Waals surface area contributed by atoms with Crippen LogP contribution in [-0.4, -0.2) is 22.3 Å². The molecule has 0 unspecified atom stereocenters. The van der Waals surface area contributed by atoms with Crippen LogP contribution in [0, 0.1) is 11.3 Å². The lowest BCUT2D eigenvalue weighted by Crippen LogP contribution is -2.21. The number of thioether (sulfide) groups is 1. The highest BCUT2D eigenvalue weighted by atomic mass is 32.2. The lowest BCUT2D eigenvalue weighted by Gasteiger charge is -2.25. The Kier molecular flexibility index (Phi) is 5.90. The van der Waals surface area contributed by atoms with Crippen molar-refractivity contribution in [3.05, 3.63) is 76.3 Å². The van der Waals surface area contributed by atoms with Crippen LogP contribution in [-0.2, 0) is 12.2 Å². The quantitative estimate of drug-likeness (QED) is 0.359. The number of methoxy groups -OCH3 is 1. The number of benzene rings is 2. The number of hydrogen-bond acceptors (Lipinski definition) is 8. The van der Waals surface area contributed by atoms with Gasteiger partial charge >= 0.3 is 0 Å². The summed E-state index contributed by atoms with van der Waals surface area (Å²) < 4.78 is 17.1. The molecule has 2 aromatic carbocycles. The number of nitriles is 1. The Morgan fingerprint density at radius 2 is 2.12 bits per heavy atom. The Morgan fingerprint density at radius 3 is 2.88 bits per heavy atom. The number of aromatic nitrogens is 3. The van der Waals surface area contributed by atoms with Gasteiger partial charge in [0.1, 0.15) is 22.9 Å². The van der Waals surface area contributed by atoms with Gasteiger partial charge in [-0.25, -0.2) is 4.98 Å². The number of nitrogens with two attached hydrogens (primary N) is 1. The second-order valence-electron chi connectivity index (χ2n) is 7.90. The summed E-state index contributed by atoms with van der Waals surface area (Å²) in [6.07, 6.45) is 1.72. The number of allylic oxidation sites excluding steroid dienone is 1. The second kappa shape index (κ2) is 9.15. The van der Waals surface area contributed by atoms with Crippen molar-refractivity contribution in [1.29, 1.82) is 5.26 Å². The summed E-state index contributed by atoms with van der Waals surface area (Å²) in [6.45, 7) is 2.09. The maximum atomic E-state index is 9.92. The normalized spacial score (nSPS) is 15.1. The number of nitrogens with zero attached hydrogens (tertiary/aromatic N) is 3. The second-order valence-corrected chi connectivity index (χ2v) is 8.83. The summed E-state index contributed by atoms with van der Waals surface area (Å²) in [7, 11) is 1.64. The summed E-state index contributed by atoms with van der Waals surface area (Å²) in [6, 6.07) is 15.8. The molecular formula is C25H23N5O3S. The van der Waals surface area contributed by atoms with Gasteiger partial charge in [-0.1, -0.05) is 49.4 Å². The molecule has 1 atom stereocenters. The van der Waals surface area contributed by atoms with E-state index in [2.05, 4.69) is 28.2 Å². The van der Waals surface area contributed by atoms with E-state index in [0.717, 1.165) is 52.1 Å². The maximum absolute atomic E-state index is 9.92. The van der Waals surface area contributed by atoms with Gasteiger partial charge in [0.25, 0.3) is 5.22 Å². The molecule has 1 aliphatic heterocycles. The standard InChI is InChI=1S/C25H23N5O3S/c1-3-6-18-22-21(16(12-26)23(27)33-24(22)30-29-18)14-9-10-19(31-2)15(11-14)13-34-25-28-17-7-4-5-8-20(17)32-25/h4-5,7-11,21H,3,6,13,27H2,1-2H3,(H,29,30)/t21-/m1/s1. The van der Waals surface area contributed by atoms with Crippen LogP contribution in [0.3, 0.4) is 0 Å². The van der Waals surface area contributed by atoms with Gasteiger partial charge in [0.2, 0.25) is 11.8 Å². The third-order valence-electron chi connectivity index (χ3n) is 5.78. The van der Waals surface area contributed by atoms with Crippen molar-refractivity contribution in [2.75, 3.05) is 7.11 Å². The molecule has 172 valence electrons. The third-order valence-corrected chi connectivity index (χ3v) is 6.66. The minimum absolute atomic E-state index is 0.0766. The molecule has 3 heterocycles. The molecule has 0 amide bonds. The Bertz CT molecular complexity index is 1400. The Morgan fingerprint density at radius 1 is 1.26 bits per heavy atom. The van der Waals surface area contributed by atoms with Crippen molar-refractivity contribution in [3.63, 3.8) is 0 Å². The number of aromatic amines is 1. The molecule has 0 fully saturated rings. The zero-order valence-corrected chi connectivity index (χ0v) is 19.6. The van der Waals surface area contributed by atoms with E-state index in [1.807, 2.05) is 42.5 Å². The third kappa shape index (κ3) is 3.86. The largest absolute Gasteiger partial charge is 0.496 e. The van der Waals surface area contributed by atoms with Gasteiger partial charge in [-0.05, 0) is 30.2 Å². The lowest BCUT2D eigenvalue weighted by molar-refractivity contribution is 0.378.